The summed E-state index contributed by atoms with van der Waals surface area (Å²) < 4.78 is 12.5. The molecule has 12 rings (SSSR count). The molecule has 0 atom stereocenters. The van der Waals surface area contributed by atoms with E-state index < -0.39 is 0 Å². The molecule has 0 spiro atoms. The van der Waals surface area contributed by atoms with E-state index in [2.05, 4.69) is 162 Å². The standard InChI is InChI=1S/C53H32N2O2/c1-4-10-49-38(7-1)25-41(32-54-49)35-15-13-33(14-16-35)34-17-21-42(22-18-34)55(43-23-19-36-30-52-47(28-39(36)26-43)45-8-2-5-11-50(45)56-52)44-24-20-37-31-53-48(29-40(37)27-44)46-9-3-6-12-51(46)57-53/h1-32H. The van der Waals surface area contributed by atoms with Crippen LogP contribution in [-0.2, 0) is 0 Å². The van der Waals surface area contributed by atoms with E-state index in [4.69, 9.17) is 8.83 Å². The summed E-state index contributed by atoms with van der Waals surface area (Å²) in [6.07, 6.45) is 1.96. The molecule has 0 radical (unpaired) electrons. The lowest BCUT2D eigenvalue weighted by Crippen LogP contribution is -2.09. The van der Waals surface area contributed by atoms with Crippen LogP contribution in [0.5, 0.6) is 0 Å². The first-order valence-corrected chi connectivity index (χ1v) is 19.2. The molecule has 3 aromatic heterocycles. The zero-order valence-corrected chi connectivity index (χ0v) is 30.7. The summed E-state index contributed by atoms with van der Waals surface area (Å²) in [7, 11) is 0. The molecule has 0 N–H and O–H groups in total. The van der Waals surface area contributed by atoms with Crippen molar-refractivity contribution in [3.05, 3.63) is 194 Å². The van der Waals surface area contributed by atoms with E-state index in [-0.39, 0.29) is 0 Å². The number of rotatable bonds is 5. The van der Waals surface area contributed by atoms with Gasteiger partial charge in [-0.3, -0.25) is 4.98 Å². The highest BCUT2D eigenvalue weighted by molar-refractivity contribution is 6.12. The van der Waals surface area contributed by atoms with Crippen molar-refractivity contribution in [2.24, 2.45) is 0 Å². The fraction of sp³-hybridized carbons (Fsp3) is 0. The molecule has 9 aromatic carbocycles. The average Bonchev–Trinajstić information content (AvgIpc) is 3.82. The number of furan rings is 2. The number of anilines is 3. The van der Waals surface area contributed by atoms with E-state index in [0.717, 1.165) is 116 Å². The molecule has 0 saturated heterocycles. The largest absolute Gasteiger partial charge is 0.456 e. The van der Waals surface area contributed by atoms with Crippen LogP contribution in [0.2, 0.25) is 0 Å². The van der Waals surface area contributed by atoms with Crippen LogP contribution in [0.25, 0.3) is 98.6 Å². The van der Waals surface area contributed by atoms with Crippen LogP contribution in [0.1, 0.15) is 0 Å². The van der Waals surface area contributed by atoms with Crippen LogP contribution >= 0.6 is 0 Å². The smallest absolute Gasteiger partial charge is 0.136 e. The van der Waals surface area contributed by atoms with Crippen molar-refractivity contribution in [2.45, 2.75) is 0 Å². The highest BCUT2D eigenvalue weighted by Gasteiger charge is 2.17. The molecule has 4 heteroatoms. The highest BCUT2D eigenvalue weighted by atomic mass is 16.3. The first kappa shape index (κ1) is 31.6. The van der Waals surface area contributed by atoms with Crippen LogP contribution in [0, 0.1) is 0 Å². The summed E-state index contributed by atoms with van der Waals surface area (Å²) in [5, 5.41) is 10.2. The first-order chi connectivity index (χ1) is 28.2. The van der Waals surface area contributed by atoms with Crippen LogP contribution in [0.3, 0.4) is 0 Å². The lowest BCUT2D eigenvalue weighted by Gasteiger charge is -2.26. The van der Waals surface area contributed by atoms with Gasteiger partial charge in [0.2, 0.25) is 0 Å². The summed E-state index contributed by atoms with van der Waals surface area (Å²) in [6.45, 7) is 0. The van der Waals surface area contributed by atoms with Crippen molar-refractivity contribution in [2.75, 3.05) is 4.90 Å². The minimum Gasteiger partial charge on any atom is -0.456 e. The molecule has 0 aliphatic rings. The molecule has 0 aliphatic heterocycles. The van der Waals surface area contributed by atoms with Gasteiger partial charge in [-0.1, -0.05) is 103 Å². The minimum absolute atomic E-state index is 0.901. The Labute approximate surface area is 327 Å². The summed E-state index contributed by atoms with van der Waals surface area (Å²) >= 11 is 0. The van der Waals surface area contributed by atoms with Gasteiger partial charge in [0.1, 0.15) is 22.3 Å². The Bertz CT molecular complexity index is 3370. The number of benzene rings is 9. The maximum atomic E-state index is 6.24. The Hall–Kier alpha value is -7.69. The van der Waals surface area contributed by atoms with Crippen LogP contribution in [0.15, 0.2) is 203 Å². The summed E-state index contributed by atoms with van der Waals surface area (Å²) in [6, 6.07) is 66.9. The molecule has 0 saturated carbocycles. The lowest BCUT2D eigenvalue weighted by molar-refractivity contribution is 0.669. The molecule has 0 bridgehead atoms. The molecule has 0 amide bonds. The molecular weight excluding hydrogens is 697 g/mol. The second-order valence-corrected chi connectivity index (χ2v) is 14.8. The Morgan fingerprint density at radius 1 is 0.316 bits per heavy atom. The fourth-order valence-electron chi connectivity index (χ4n) is 8.52. The molecule has 266 valence electrons. The van der Waals surface area contributed by atoms with Gasteiger partial charge in [-0.15, -0.1) is 0 Å². The third-order valence-electron chi connectivity index (χ3n) is 11.4. The third-order valence-corrected chi connectivity index (χ3v) is 11.4. The lowest BCUT2D eigenvalue weighted by atomic mass is 9.99. The SMILES string of the molecule is c1ccc2ncc(-c3ccc(-c4ccc(N(c5ccc6cc7oc8ccccc8c7cc6c5)c5ccc6cc7oc8ccccc8c7cc6c5)cc4)cc3)cc2c1. The molecule has 0 aliphatic carbocycles. The minimum atomic E-state index is 0.901. The summed E-state index contributed by atoms with van der Waals surface area (Å²) in [4.78, 5) is 7.04. The summed E-state index contributed by atoms with van der Waals surface area (Å²) in [5.74, 6) is 0. The van der Waals surface area contributed by atoms with Gasteiger partial charge in [-0.2, -0.15) is 0 Å². The molecule has 0 fully saturated rings. The topological polar surface area (TPSA) is 42.4 Å². The van der Waals surface area contributed by atoms with Crippen molar-refractivity contribution in [3.8, 4) is 22.3 Å². The second-order valence-electron chi connectivity index (χ2n) is 14.8. The highest BCUT2D eigenvalue weighted by Crippen LogP contribution is 2.41. The first-order valence-electron chi connectivity index (χ1n) is 19.2. The number of hydrogen-bond acceptors (Lipinski definition) is 4. The molecule has 57 heavy (non-hydrogen) atoms. The fourth-order valence-corrected chi connectivity index (χ4v) is 8.52. The number of para-hydroxylation sites is 3. The van der Waals surface area contributed by atoms with Crippen molar-refractivity contribution in [1.82, 2.24) is 4.98 Å². The Balaban J connectivity index is 0.965. The van der Waals surface area contributed by atoms with E-state index in [9.17, 15) is 0 Å². The van der Waals surface area contributed by atoms with Gasteiger partial charge >= 0.3 is 0 Å². The Morgan fingerprint density at radius 2 is 0.807 bits per heavy atom. The average molecular weight is 729 g/mol. The predicted molar refractivity (Wildman–Crippen MR) is 237 cm³/mol. The monoisotopic (exact) mass is 728 g/mol. The number of aromatic nitrogens is 1. The van der Waals surface area contributed by atoms with Gasteiger partial charge in [-0.25, -0.2) is 0 Å². The van der Waals surface area contributed by atoms with Crippen molar-refractivity contribution in [3.63, 3.8) is 0 Å². The molecule has 4 nitrogen and oxygen atoms in total. The Morgan fingerprint density at radius 3 is 1.40 bits per heavy atom. The second kappa shape index (κ2) is 12.4. The van der Waals surface area contributed by atoms with E-state index in [1.165, 1.54) is 0 Å². The zero-order chi connectivity index (χ0) is 37.5. The van der Waals surface area contributed by atoms with Gasteiger partial charge in [-0.05, 0) is 123 Å². The van der Waals surface area contributed by atoms with Gasteiger partial charge in [0, 0.05) is 55.8 Å². The van der Waals surface area contributed by atoms with Crippen LogP contribution in [0.4, 0.5) is 17.1 Å². The molecule has 12 aromatic rings. The number of hydrogen-bond donors (Lipinski definition) is 0. The van der Waals surface area contributed by atoms with E-state index in [1.807, 2.05) is 42.6 Å². The number of nitrogens with zero attached hydrogens (tertiary/aromatic N) is 2. The number of pyridine rings is 1. The quantitative estimate of drug-likeness (QED) is 0.177. The van der Waals surface area contributed by atoms with Crippen LogP contribution < -0.4 is 4.90 Å². The molecule has 3 heterocycles. The zero-order valence-electron chi connectivity index (χ0n) is 30.7. The maximum Gasteiger partial charge on any atom is 0.136 e. The van der Waals surface area contributed by atoms with Crippen molar-refractivity contribution < 1.29 is 8.83 Å². The molecule has 0 unspecified atom stereocenters. The van der Waals surface area contributed by atoms with Crippen molar-refractivity contribution >= 4 is 93.4 Å². The predicted octanol–water partition coefficient (Wildman–Crippen LogP) is 15.1. The van der Waals surface area contributed by atoms with E-state index >= 15 is 0 Å². The van der Waals surface area contributed by atoms with Crippen molar-refractivity contribution in [1.29, 1.82) is 0 Å². The van der Waals surface area contributed by atoms with E-state index in [1.54, 1.807) is 0 Å². The normalized spacial score (nSPS) is 11.9. The number of fused-ring (bicyclic) bond motifs is 9. The van der Waals surface area contributed by atoms with Gasteiger partial charge in [0.15, 0.2) is 0 Å². The van der Waals surface area contributed by atoms with Crippen LogP contribution in [-0.4, -0.2) is 4.98 Å². The van der Waals surface area contributed by atoms with Gasteiger partial charge in [0.05, 0.1) is 5.52 Å². The van der Waals surface area contributed by atoms with Gasteiger partial charge < -0.3 is 13.7 Å². The van der Waals surface area contributed by atoms with Gasteiger partial charge in [0.25, 0.3) is 0 Å². The summed E-state index contributed by atoms with van der Waals surface area (Å²) in [5.41, 5.74) is 12.4. The third kappa shape index (κ3) is 5.26. The maximum absolute atomic E-state index is 6.24. The molecular formula is C53H32N2O2. The van der Waals surface area contributed by atoms with E-state index in [0.29, 0.717) is 0 Å². The Kier molecular flexibility index (Phi) is 6.89.